The molecule has 4 aromatic heterocycles. The van der Waals surface area contributed by atoms with Gasteiger partial charge in [-0.15, -0.1) is 11.3 Å². The lowest BCUT2D eigenvalue weighted by atomic mass is 10.0. The van der Waals surface area contributed by atoms with Crippen LogP contribution in [0, 0.1) is 6.92 Å². The van der Waals surface area contributed by atoms with Crippen LogP contribution < -0.4 is 10.6 Å². The van der Waals surface area contributed by atoms with Crippen LogP contribution >= 0.6 is 11.3 Å². The van der Waals surface area contributed by atoms with Crippen LogP contribution in [-0.2, 0) is 0 Å². The molecule has 0 unspecified atom stereocenters. The first-order valence-corrected chi connectivity index (χ1v) is 11.0. The average molecular weight is 435 g/mol. The highest BCUT2D eigenvalue weighted by molar-refractivity contribution is 7.17. The van der Waals surface area contributed by atoms with Gasteiger partial charge in [-0.25, -0.2) is 4.98 Å². The van der Waals surface area contributed by atoms with Gasteiger partial charge < -0.3 is 15.5 Å². The Labute approximate surface area is 182 Å². The number of amides is 1. The molecule has 9 nitrogen and oxygen atoms in total. The first kappa shape index (κ1) is 19.4. The minimum atomic E-state index is -0.0178. The van der Waals surface area contributed by atoms with Gasteiger partial charge in [0.05, 0.1) is 10.2 Å². The van der Waals surface area contributed by atoms with Crippen molar-refractivity contribution < 1.29 is 4.79 Å². The highest BCUT2D eigenvalue weighted by Crippen LogP contribution is 2.30. The van der Waals surface area contributed by atoms with Crippen LogP contribution in [0.25, 0.3) is 10.2 Å². The number of pyridine rings is 1. The standard InChI is InChI=1S/C21H22N8OS/c1-13-12-17(28-27-13)25-19-18-15(7-11-31-18)24-21(26-19)23-14-5-9-29(10-6-14)20(30)16-4-2-3-8-22-16/h2-4,7-8,11-12,14H,5-6,9-10H2,1H3,(H3,23,24,25,26,27,28). The molecule has 3 N–H and O–H groups in total. The average Bonchev–Trinajstić information content (AvgIpc) is 3.43. The summed E-state index contributed by atoms with van der Waals surface area (Å²) in [5.41, 5.74) is 2.36. The molecule has 5 heterocycles. The van der Waals surface area contributed by atoms with Crippen LogP contribution in [0.1, 0.15) is 29.0 Å². The molecule has 1 amide bonds. The second kappa shape index (κ2) is 8.31. The number of carbonyl (C=O) groups is 1. The summed E-state index contributed by atoms with van der Waals surface area (Å²) in [7, 11) is 0. The van der Waals surface area contributed by atoms with E-state index in [0.717, 1.165) is 40.4 Å². The van der Waals surface area contributed by atoms with Crippen LogP contribution in [0.4, 0.5) is 17.6 Å². The number of hydrogen-bond acceptors (Lipinski definition) is 8. The molecule has 1 fully saturated rings. The van der Waals surface area contributed by atoms with Gasteiger partial charge in [-0.1, -0.05) is 6.07 Å². The summed E-state index contributed by atoms with van der Waals surface area (Å²) in [6.07, 6.45) is 3.30. The molecular weight excluding hydrogens is 412 g/mol. The van der Waals surface area contributed by atoms with Gasteiger partial charge in [-0.2, -0.15) is 10.1 Å². The van der Waals surface area contributed by atoms with Crippen LogP contribution in [-0.4, -0.2) is 55.1 Å². The van der Waals surface area contributed by atoms with E-state index in [-0.39, 0.29) is 11.9 Å². The number of H-pyrrole nitrogens is 1. The van der Waals surface area contributed by atoms with E-state index in [1.807, 2.05) is 41.5 Å². The molecule has 1 saturated heterocycles. The van der Waals surface area contributed by atoms with Crippen molar-refractivity contribution in [3.8, 4) is 0 Å². The summed E-state index contributed by atoms with van der Waals surface area (Å²) in [4.78, 5) is 28.0. The van der Waals surface area contributed by atoms with Crippen molar-refractivity contribution in [2.24, 2.45) is 0 Å². The second-order valence-corrected chi connectivity index (χ2v) is 8.43. The van der Waals surface area contributed by atoms with E-state index in [1.165, 1.54) is 0 Å². The third kappa shape index (κ3) is 4.19. The molecule has 0 bridgehead atoms. The first-order valence-electron chi connectivity index (χ1n) is 10.2. The van der Waals surface area contributed by atoms with E-state index in [1.54, 1.807) is 23.6 Å². The van der Waals surface area contributed by atoms with E-state index in [4.69, 9.17) is 4.98 Å². The molecule has 5 rings (SSSR count). The van der Waals surface area contributed by atoms with Crippen LogP contribution in [0.5, 0.6) is 0 Å². The van der Waals surface area contributed by atoms with Gasteiger partial charge in [-0.3, -0.25) is 14.9 Å². The van der Waals surface area contributed by atoms with Crippen molar-refractivity contribution in [2.75, 3.05) is 23.7 Å². The highest BCUT2D eigenvalue weighted by Gasteiger charge is 2.25. The number of fused-ring (bicyclic) bond motifs is 1. The third-order valence-corrected chi connectivity index (χ3v) is 6.17. The van der Waals surface area contributed by atoms with E-state index in [0.29, 0.717) is 24.7 Å². The second-order valence-electron chi connectivity index (χ2n) is 7.52. The zero-order valence-corrected chi connectivity index (χ0v) is 17.8. The summed E-state index contributed by atoms with van der Waals surface area (Å²) < 4.78 is 0.988. The van der Waals surface area contributed by atoms with Crippen molar-refractivity contribution in [2.45, 2.75) is 25.8 Å². The van der Waals surface area contributed by atoms with Crippen LogP contribution in [0.15, 0.2) is 41.9 Å². The molecule has 1 aliphatic heterocycles. The summed E-state index contributed by atoms with van der Waals surface area (Å²) in [5.74, 6) is 2.01. The van der Waals surface area contributed by atoms with Gasteiger partial charge in [0.1, 0.15) is 5.69 Å². The van der Waals surface area contributed by atoms with Crippen molar-refractivity contribution >= 4 is 45.0 Å². The van der Waals surface area contributed by atoms with Crippen LogP contribution in [0.3, 0.4) is 0 Å². The number of aryl methyl sites for hydroxylation is 1. The Morgan fingerprint density at radius 3 is 2.84 bits per heavy atom. The van der Waals surface area contributed by atoms with Gasteiger partial charge in [0.15, 0.2) is 11.6 Å². The largest absolute Gasteiger partial charge is 0.351 e. The molecular formula is C21H22N8OS. The molecule has 158 valence electrons. The zero-order valence-electron chi connectivity index (χ0n) is 17.0. The quantitative estimate of drug-likeness (QED) is 0.440. The fraction of sp³-hybridized carbons (Fsp3) is 0.286. The number of thiophene rings is 1. The van der Waals surface area contributed by atoms with Gasteiger partial charge in [0.25, 0.3) is 5.91 Å². The summed E-state index contributed by atoms with van der Waals surface area (Å²) in [5, 5.41) is 15.9. The smallest absolute Gasteiger partial charge is 0.272 e. The molecule has 10 heteroatoms. The van der Waals surface area contributed by atoms with Gasteiger partial charge >= 0.3 is 0 Å². The van der Waals surface area contributed by atoms with E-state index >= 15 is 0 Å². The van der Waals surface area contributed by atoms with Crippen LogP contribution in [0.2, 0.25) is 0 Å². The highest BCUT2D eigenvalue weighted by atomic mass is 32.1. The Bertz CT molecular complexity index is 1200. The molecule has 31 heavy (non-hydrogen) atoms. The molecule has 0 spiro atoms. The lowest BCUT2D eigenvalue weighted by Crippen LogP contribution is -2.42. The summed E-state index contributed by atoms with van der Waals surface area (Å²) >= 11 is 1.59. The molecule has 1 aliphatic rings. The normalized spacial score (nSPS) is 14.7. The lowest BCUT2D eigenvalue weighted by molar-refractivity contribution is 0.0712. The number of carbonyl (C=O) groups excluding carboxylic acids is 1. The lowest BCUT2D eigenvalue weighted by Gasteiger charge is -2.32. The predicted molar refractivity (Wildman–Crippen MR) is 121 cm³/mol. The Morgan fingerprint density at radius 2 is 2.10 bits per heavy atom. The fourth-order valence-electron chi connectivity index (χ4n) is 3.68. The zero-order chi connectivity index (χ0) is 21.2. The van der Waals surface area contributed by atoms with Crippen molar-refractivity contribution in [3.63, 3.8) is 0 Å². The Hall–Kier alpha value is -3.53. The van der Waals surface area contributed by atoms with Gasteiger partial charge in [0.2, 0.25) is 5.95 Å². The monoisotopic (exact) mass is 434 g/mol. The summed E-state index contributed by atoms with van der Waals surface area (Å²) in [6.45, 7) is 3.30. The minimum absolute atomic E-state index is 0.0178. The van der Waals surface area contributed by atoms with Crippen molar-refractivity contribution in [1.29, 1.82) is 0 Å². The number of aromatic nitrogens is 5. The predicted octanol–water partition coefficient (Wildman–Crippen LogP) is 3.58. The third-order valence-electron chi connectivity index (χ3n) is 5.26. The maximum absolute atomic E-state index is 12.6. The Morgan fingerprint density at radius 1 is 1.23 bits per heavy atom. The molecule has 4 aromatic rings. The fourth-order valence-corrected chi connectivity index (χ4v) is 4.45. The number of nitrogens with zero attached hydrogens (tertiary/aromatic N) is 5. The number of aromatic amines is 1. The number of likely N-dealkylation sites (tertiary alicyclic amines) is 1. The topological polar surface area (TPSA) is 112 Å². The number of hydrogen-bond donors (Lipinski definition) is 3. The molecule has 0 aromatic carbocycles. The molecule has 0 atom stereocenters. The number of piperidine rings is 1. The SMILES string of the molecule is Cc1cc(Nc2nc(NC3CCN(C(=O)c4ccccn4)CC3)nc3ccsc23)n[nH]1. The van der Waals surface area contributed by atoms with E-state index in [9.17, 15) is 4.79 Å². The van der Waals surface area contributed by atoms with Crippen molar-refractivity contribution in [1.82, 2.24) is 30.0 Å². The Kier molecular flexibility index (Phi) is 5.21. The van der Waals surface area contributed by atoms with Gasteiger partial charge in [0, 0.05) is 37.1 Å². The molecule has 0 aliphatic carbocycles. The minimum Gasteiger partial charge on any atom is -0.351 e. The number of anilines is 3. The van der Waals surface area contributed by atoms with E-state index < -0.39 is 0 Å². The maximum atomic E-state index is 12.6. The maximum Gasteiger partial charge on any atom is 0.272 e. The first-order chi connectivity index (χ1) is 15.2. The van der Waals surface area contributed by atoms with Gasteiger partial charge in [-0.05, 0) is 43.3 Å². The number of rotatable bonds is 5. The van der Waals surface area contributed by atoms with E-state index in [2.05, 4.69) is 30.8 Å². The molecule has 0 radical (unpaired) electrons. The summed E-state index contributed by atoms with van der Waals surface area (Å²) in [6, 6.07) is 9.52. The Balaban J connectivity index is 1.27. The number of nitrogens with one attached hydrogen (secondary N) is 3. The molecule has 0 saturated carbocycles. The van der Waals surface area contributed by atoms with Crippen molar-refractivity contribution in [3.05, 3.63) is 53.3 Å².